The predicted octanol–water partition coefficient (Wildman–Crippen LogP) is 3.47. The predicted molar refractivity (Wildman–Crippen MR) is 153 cm³/mol. The van der Waals surface area contributed by atoms with Crippen LogP contribution in [0.4, 0.5) is 0 Å². The van der Waals surface area contributed by atoms with E-state index in [4.69, 9.17) is 10.1 Å². The Hall–Kier alpha value is -4.78. The highest BCUT2D eigenvalue weighted by Crippen LogP contribution is 2.45. The van der Waals surface area contributed by atoms with E-state index in [1.165, 1.54) is 12.8 Å². The molecule has 2 aliphatic carbocycles. The van der Waals surface area contributed by atoms with Gasteiger partial charge in [-0.2, -0.15) is 10.2 Å². The lowest BCUT2D eigenvalue weighted by Gasteiger charge is -2.32. The number of aryl methyl sites for hydroxylation is 1. The summed E-state index contributed by atoms with van der Waals surface area (Å²) in [6.45, 7) is 0.356. The van der Waals surface area contributed by atoms with E-state index in [0.29, 0.717) is 30.5 Å². The molecular formula is C32H29N7O3. The maximum atomic E-state index is 13.0. The van der Waals surface area contributed by atoms with Gasteiger partial charge in [-0.25, -0.2) is 0 Å². The van der Waals surface area contributed by atoms with Crippen LogP contribution in [0.1, 0.15) is 77.7 Å². The molecule has 0 spiro atoms. The zero-order valence-electron chi connectivity index (χ0n) is 23.2. The normalized spacial score (nSPS) is 23.4. The Morgan fingerprint density at radius 1 is 1.02 bits per heavy atom. The van der Waals surface area contributed by atoms with Gasteiger partial charge in [-0.1, -0.05) is 11.8 Å². The standard InChI is InChI=1S/C32H29N7O3/c1-37-28-13-26(33-14-22(28)15-34-37)25-17-39(36-30(25)20-5-6-20)23-11-19(12-23)3-2-18-4-7-24-21(10-18)16-38(32(24)42)27-8-9-29(40)35-31(27)41/h4,7,10,13-15,17,19-20,23,27H,5-6,8-9,11-12,16H2,1H3,(H,35,40,41)/t19-,23-,27?. The quantitative estimate of drug-likeness (QED) is 0.303. The topological polar surface area (TPSA) is 115 Å². The number of hydrogen-bond donors (Lipinski definition) is 1. The van der Waals surface area contributed by atoms with E-state index >= 15 is 0 Å². The first-order valence-corrected chi connectivity index (χ1v) is 14.6. The zero-order valence-corrected chi connectivity index (χ0v) is 23.2. The summed E-state index contributed by atoms with van der Waals surface area (Å²) in [6.07, 6.45) is 10.7. The average Bonchev–Trinajstić information content (AvgIpc) is 3.49. The molecule has 1 atom stereocenters. The monoisotopic (exact) mass is 559 g/mol. The first kappa shape index (κ1) is 25.0. The third kappa shape index (κ3) is 4.19. The molecule has 2 saturated carbocycles. The summed E-state index contributed by atoms with van der Waals surface area (Å²) in [6, 6.07) is 7.45. The second kappa shape index (κ2) is 9.38. The number of piperidine rings is 1. The number of aromatic nitrogens is 5. The molecule has 3 amide bonds. The highest BCUT2D eigenvalue weighted by Gasteiger charge is 2.39. The van der Waals surface area contributed by atoms with Crippen molar-refractivity contribution >= 4 is 28.6 Å². The lowest BCUT2D eigenvalue weighted by atomic mass is 9.80. The molecule has 1 unspecified atom stereocenters. The van der Waals surface area contributed by atoms with Crippen molar-refractivity contribution in [3.05, 3.63) is 65.2 Å². The van der Waals surface area contributed by atoms with Crippen molar-refractivity contribution in [2.45, 2.75) is 63.1 Å². The third-order valence-electron chi connectivity index (χ3n) is 9.06. The molecule has 4 aromatic rings. The minimum atomic E-state index is -0.610. The number of rotatable bonds is 4. The van der Waals surface area contributed by atoms with Crippen molar-refractivity contribution in [2.24, 2.45) is 13.0 Å². The van der Waals surface area contributed by atoms with Crippen LogP contribution in [0.25, 0.3) is 22.2 Å². The fraction of sp³-hybridized carbons (Fsp3) is 0.375. The summed E-state index contributed by atoms with van der Waals surface area (Å²) in [4.78, 5) is 43.1. The second-order valence-electron chi connectivity index (χ2n) is 11.9. The second-order valence-corrected chi connectivity index (χ2v) is 11.9. The van der Waals surface area contributed by atoms with Crippen LogP contribution in [0, 0.1) is 17.8 Å². The van der Waals surface area contributed by atoms with E-state index in [1.807, 2.05) is 36.3 Å². The number of benzene rings is 1. The Labute approximate surface area is 242 Å². The van der Waals surface area contributed by atoms with Crippen molar-refractivity contribution < 1.29 is 14.4 Å². The summed E-state index contributed by atoms with van der Waals surface area (Å²) in [5.74, 6) is 6.68. The van der Waals surface area contributed by atoms with Gasteiger partial charge in [0.05, 0.1) is 29.1 Å². The van der Waals surface area contributed by atoms with Gasteiger partial charge in [-0.3, -0.25) is 34.0 Å². The Morgan fingerprint density at radius 2 is 1.88 bits per heavy atom. The van der Waals surface area contributed by atoms with Gasteiger partial charge in [0.2, 0.25) is 11.8 Å². The summed E-state index contributed by atoms with van der Waals surface area (Å²) >= 11 is 0. The lowest BCUT2D eigenvalue weighted by molar-refractivity contribution is -0.136. The van der Waals surface area contributed by atoms with Crippen molar-refractivity contribution in [1.82, 2.24) is 34.8 Å². The van der Waals surface area contributed by atoms with Crippen molar-refractivity contribution in [3.8, 4) is 23.1 Å². The number of imide groups is 1. The van der Waals surface area contributed by atoms with Crippen LogP contribution in [0.2, 0.25) is 0 Å². The average molecular weight is 560 g/mol. The van der Waals surface area contributed by atoms with Crippen LogP contribution in [0.15, 0.2) is 42.9 Å². The van der Waals surface area contributed by atoms with Gasteiger partial charge in [0.15, 0.2) is 0 Å². The molecule has 3 fully saturated rings. The summed E-state index contributed by atoms with van der Waals surface area (Å²) in [5.41, 5.74) is 6.62. The fourth-order valence-corrected chi connectivity index (χ4v) is 6.40. The molecule has 42 heavy (non-hydrogen) atoms. The Balaban J connectivity index is 0.956. The van der Waals surface area contributed by atoms with E-state index in [1.54, 1.807) is 11.0 Å². The molecule has 10 nitrogen and oxygen atoms in total. The van der Waals surface area contributed by atoms with Crippen LogP contribution < -0.4 is 5.32 Å². The van der Waals surface area contributed by atoms with Gasteiger partial charge in [0.1, 0.15) is 6.04 Å². The summed E-state index contributed by atoms with van der Waals surface area (Å²) in [5, 5.41) is 12.8. The smallest absolute Gasteiger partial charge is 0.255 e. The SMILES string of the molecule is Cn1ncc2cnc(-c3cn([C@H]4C[C@H](C#Cc5ccc6c(c5)CN(C5CCC(=O)NC5=O)C6=O)C4)nc3C3CC3)cc21. The number of carbonyl (C=O) groups is 3. The molecule has 4 aliphatic rings. The van der Waals surface area contributed by atoms with E-state index in [-0.39, 0.29) is 24.2 Å². The number of pyridine rings is 1. The number of nitrogens with one attached hydrogen (secondary N) is 1. The van der Waals surface area contributed by atoms with Gasteiger partial charge in [-0.15, -0.1) is 0 Å². The zero-order chi connectivity index (χ0) is 28.5. The van der Waals surface area contributed by atoms with E-state index < -0.39 is 11.9 Å². The largest absolute Gasteiger partial charge is 0.322 e. The van der Waals surface area contributed by atoms with Gasteiger partial charge >= 0.3 is 0 Å². The van der Waals surface area contributed by atoms with Gasteiger partial charge in [-0.05, 0) is 61.9 Å². The highest BCUT2D eigenvalue weighted by atomic mass is 16.2. The molecule has 1 saturated heterocycles. The maximum Gasteiger partial charge on any atom is 0.255 e. The summed E-state index contributed by atoms with van der Waals surface area (Å²) < 4.78 is 4.01. The molecule has 210 valence electrons. The van der Waals surface area contributed by atoms with Crippen molar-refractivity contribution in [1.29, 1.82) is 0 Å². The lowest BCUT2D eigenvalue weighted by Crippen LogP contribution is -2.52. The molecule has 0 radical (unpaired) electrons. The Kier molecular flexibility index (Phi) is 5.58. The molecular weight excluding hydrogens is 530 g/mol. The van der Waals surface area contributed by atoms with Gasteiger partial charge < -0.3 is 4.90 Å². The molecule has 1 N–H and O–H groups in total. The molecule has 1 aromatic carbocycles. The number of amides is 3. The van der Waals surface area contributed by atoms with E-state index in [2.05, 4.69) is 39.2 Å². The number of carbonyl (C=O) groups excluding carboxylic acids is 3. The molecule has 5 heterocycles. The van der Waals surface area contributed by atoms with Crippen molar-refractivity contribution in [3.63, 3.8) is 0 Å². The first-order chi connectivity index (χ1) is 20.4. The fourth-order valence-electron chi connectivity index (χ4n) is 6.40. The maximum absolute atomic E-state index is 13.0. The Morgan fingerprint density at radius 3 is 2.69 bits per heavy atom. The first-order valence-electron chi connectivity index (χ1n) is 14.6. The van der Waals surface area contributed by atoms with Crippen LogP contribution in [0.5, 0.6) is 0 Å². The third-order valence-corrected chi connectivity index (χ3v) is 9.06. The number of hydrogen-bond acceptors (Lipinski definition) is 6. The molecule has 8 rings (SSSR count). The molecule has 2 aliphatic heterocycles. The molecule has 3 aromatic heterocycles. The van der Waals surface area contributed by atoms with E-state index in [0.717, 1.165) is 51.8 Å². The number of fused-ring (bicyclic) bond motifs is 2. The molecule has 10 heteroatoms. The number of nitrogens with zero attached hydrogens (tertiary/aromatic N) is 6. The van der Waals surface area contributed by atoms with Crippen molar-refractivity contribution in [2.75, 3.05) is 0 Å². The highest BCUT2D eigenvalue weighted by molar-refractivity contribution is 6.05. The minimum absolute atomic E-state index is 0.166. The molecule has 0 bridgehead atoms. The van der Waals surface area contributed by atoms with Crippen LogP contribution in [0.3, 0.4) is 0 Å². The summed E-state index contributed by atoms with van der Waals surface area (Å²) in [7, 11) is 1.95. The van der Waals surface area contributed by atoms with Crippen LogP contribution in [-0.4, -0.2) is 53.2 Å². The van der Waals surface area contributed by atoms with Crippen LogP contribution in [-0.2, 0) is 23.2 Å². The van der Waals surface area contributed by atoms with Gasteiger partial charge in [0.25, 0.3) is 5.91 Å². The van der Waals surface area contributed by atoms with E-state index in [9.17, 15) is 14.4 Å². The Bertz CT molecular complexity index is 1870. The minimum Gasteiger partial charge on any atom is -0.322 e. The van der Waals surface area contributed by atoms with Gasteiger partial charge in [0, 0.05) is 66.3 Å². The van der Waals surface area contributed by atoms with Crippen LogP contribution >= 0.6 is 0 Å².